The van der Waals surface area contributed by atoms with Crippen molar-refractivity contribution in [1.82, 2.24) is 0 Å². The maximum absolute atomic E-state index is 13.6. The van der Waals surface area contributed by atoms with Crippen molar-refractivity contribution in [2.75, 3.05) is 4.90 Å². The number of hydrogen-bond donors (Lipinski definition) is 1. The highest BCUT2D eigenvalue weighted by Crippen LogP contribution is 2.44. The molecule has 0 unspecified atom stereocenters. The standard InChI is InChI=1S/C25H22ClF2NO4/c1-13(2)9-17-15-5-3-4-6-16(15)23(33-25(27)28)18-12-29(24(32)22(17)18)20-8-7-14(10-19(20)26)11-21(30)31/h3-8,10,13,25H,9,11-12H2,1-2H3,(H,30,31). The van der Waals surface area contributed by atoms with Gasteiger partial charge in [-0.05, 0) is 41.0 Å². The van der Waals surface area contributed by atoms with Gasteiger partial charge in [-0.15, -0.1) is 0 Å². The molecule has 0 aliphatic carbocycles. The molecule has 3 aromatic carbocycles. The summed E-state index contributed by atoms with van der Waals surface area (Å²) in [7, 11) is 0. The van der Waals surface area contributed by atoms with Crippen molar-refractivity contribution in [3.8, 4) is 5.75 Å². The molecule has 1 aliphatic heterocycles. The Kier molecular flexibility index (Phi) is 6.26. The lowest BCUT2D eigenvalue weighted by Crippen LogP contribution is -2.24. The molecule has 0 aromatic heterocycles. The molecule has 8 heteroatoms. The molecular weight excluding hydrogens is 452 g/mol. The molecule has 0 fully saturated rings. The third kappa shape index (κ3) is 4.37. The zero-order valence-corrected chi connectivity index (χ0v) is 18.8. The second-order valence-corrected chi connectivity index (χ2v) is 8.84. The maximum atomic E-state index is 13.6. The second-order valence-electron chi connectivity index (χ2n) is 8.43. The van der Waals surface area contributed by atoms with Crippen LogP contribution in [-0.2, 0) is 24.2 Å². The molecule has 5 nitrogen and oxygen atoms in total. The molecule has 3 aromatic rings. The number of hydrogen-bond acceptors (Lipinski definition) is 3. The van der Waals surface area contributed by atoms with Crippen LogP contribution in [0.5, 0.6) is 5.75 Å². The third-order valence-electron chi connectivity index (χ3n) is 5.63. The quantitative estimate of drug-likeness (QED) is 0.451. The van der Waals surface area contributed by atoms with Gasteiger partial charge in [-0.2, -0.15) is 8.78 Å². The van der Waals surface area contributed by atoms with E-state index in [-0.39, 0.29) is 35.6 Å². The van der Waals surface area contributed by atoms with Crippen molar-refractivity contribution >= 4 is 39.9 Å². The van der Waals surface area contributed by atoms with Gasteiger partial charge in [-0.25, -0.2) is 0 Å². The summed E-state index contributed by atoms with van der Waals surface area (Å²) < 4.78 is 31.7. The summed E-state index contributed by atoms with van der Waals surface area (Å²) in [5.74, 6) is -1.13. The Morgan fingerprint density at radius 2 is 1.88 bits per heavy atom. The zero-order chi connectivity index (χ0) is 23.9. The fourth-order valence-corrected chi connectivity index (χ4v) is 4.71. The number of fused-ring (bicyclic) bond motifs is 2. The third-order valence-corrected chi connectivity index (χ3v) is 5.93. The van der Waals surface area contributed by atoms with Crippen molar-refractivity contribution in [2.24, 2.45) is 5.92 Å². The molecule has 0 saturated heterocycles. The number of benzene rings is 3. The highest BCUT2D eigenvalue weighted by molar-refractivity contribution is 6.34. The number of alkyl halides is 2. The molecule has 1 aliphatic rings. The van der Waals surface area contributed by atoms with Crippen molar-refractivity contribution < 1.29 is 28.2 Å². The van der Waals surface area contributed by atoms with E-state index in [2.05, 4.69) is 0 Å². The highest BCUT2D eigenvalue weighted by atomic mass is 35.5. The maximum Gasteiger partial charge on any atom is 0.387 e. The first-order chi connectivity index (χ1) is 15.7. The Morgan fingerprint density at radius 3 is 2.48 bits per heavy atom. The number of anilines is 1. The summed E-state index contributed by atoms with van der Waals surface area (Å²) in [6.45, 7) is 1.03. The largest absolute Gasteiger partial charge is 0.481 e. The van der Waals surface area contributed by atoms with Gasteiger partial charge in [0.15, 0.2) is 0 Å². The molecule has 0 radical (unpaired) electrons. The lowest BCUT2D eigenvalue weighted by molar-refractivity contribution is -0.136. The second kappa shape index (κ2) is 8.98. The SMILES string of the molecule is CC(C)Cc1c2c(c(OC(F)F)c3ccccc13)CN(c1ccc(CC(=O)O)cc1Cl)C2=O. The van der Waals surface area contributed by atoms with Crippen LogP contribution in [0.15, 0.2) is 42.5 Å². The van der Waals surface area contributed by atoms with Crippen LogP contribution in [0.25, 0.3) is 10.8 Å². The molecule has 33 heavy (non-hydrogen) atoms. The first-order valence-corrected chi connectivity index (χ1v) is 10.9. The number of rotatable bonds is 7. The normalized spacial score (nSPS) is 13.3. The molecule has 1 N–H and O–H groups in total. The van der Waals surface area contributed by atoms with E-state index >= 15 is 0 Å². The van der Waals surface area contributed by atoms with Crippen molar-refractivity contribution in [2.45, 2.75) is 39.8 Å². The van der Waals surface area contributed by atoms with Crippen LogP contribution < -0.4 is 9.64 Å². The Hall–Kier alpha value is -3.19. The first kappa shape index (κ1) is 23.0. The van der Waals surface area contributed by atoms with E-state index in [0.29, 0.717) is 39.6 Å². The Morgan fingerprint density at radius 1 is 1.18 bits per heavy atom. The number of ether oxygens (including phenoxy) is 1. The van der Waals surface area contributed by atoms with Crippen LogP contribution in [0.1, 0.15) is 40.9 Å². The average molecular weight is 474 g/mol. The smallest absolute Gasteiger partial charge is 0.387 e. The van der Waals surface area contributed by atoms with E-state index in [4.69, 9.17) is 21.4 Å². The average Bonchev–Trinajstić information content (AvgIpc) is 3.06. The molecule has 1 amide bonds. The van der Waals surface area contributed by atoms with Gasteiger partial charge < -0.3 is 14.7 Å². The first-order valence-electron chi connectivity index (χ1n) is 10.5. The van der Waals surface area contributed by atoms with Gasteiger partial charge in [0.05, 0.1) is 29.2 Å². The van der Waals surface area contributed by atoms with Crippen LogP contribution in [-0.4, -0.2) is 23.6 Å². The number of carbonyl (C=O) groups is 2. The Balaban J connectivity index is 1.89. The fraction of sp³-hybridized carbons (Fsp3) is 0.280. The molecule has 4 rings (SSSR count). The van der Waals surface area contributed by atoms with Crippen LogP contribution in [0, 0.1) is 5.92 Å². The Bertz CT molecular complexity index is 1260. The molecule has 0 atom stereocenters. The van der Waals surface area contributed by atoms with Crippen molar-refractivity contribution in [3.63, 3.8) is 0 Å². The van der Waals surface area contributed by atoms with E-state index in [1.54, 1.807) is 30.3 Å². The fourth-order valence-electron chi connectivity index (χ4n) is 4.40. The van der Waals surface area contributed by atoms with Gasteiger partial charge in [0.25, 0.3) is 5.91 Å². The van der Waals surface area contributed by atoms with E-state index < -0.39 is 12.6 Å². The number of aliphatic carboxylic acids is 1. The van der Waals surface area contributed by atoms with Crippen molar-refractivity contribution in [3.05, 3.63) is 69.7 Å². The predicted molar refractivity (Wildman–Crippen MR) is 122 cm³/mol. The minimum atomic E-state index is -3.04. The predicted octanol–water partition coefficient (Wildman–Crippen LogP) is 6.08. The van der Waals surface area contributed by atoms with E-state index in [9.17, 15) is 18.4 Å². The lowest BCUT2D eigenvalue weighted by Gasteiger charge is -2.18. The molecule has 0 spiro atoms. The topological polar surface area (TPSA) is 66.8 Å². The minimum absolute atomic E-state index is 0.00224. The monoisotopic (exact) mass is 473 g/mol. The molecule has 0 saturated carbocycles. The number of halogens is 3. The summed E-state index contributed by atoms with van der Waals surface area (Å²) in [5, 5.41) is 10.5. The highest BCUT2D eigenvalue weighted by Gasteiger charge is 2.37. The van der Waals surface area contributed by atoms with Crippen LogP contribution in [0.4, 0.5) is 14.5 Å². The number of amides is 1. The lowest BCUT2D eigenvalue weighted by atomic mass is 9.89. The van der Waals surface area contributed by atoms with Gasteiger partial charge in [-0.3, -0.25) is 9.59 Å². The van der Waals surface area contributed by atoms with Crippen LogP contribution >= 0.6 is 11.6 Å². The molecular formula is C25H22ClF2NO4. The summed E-state index contributed by atoms with van der Waals surface area (Å²) in [4.78, 5) is 26.1. The van der Waals surface area contributed by atoms with Crippen molar-refractivity contribution in [1.29, 1.82) is 0 Å². The van der Waals surface area contributed by atoms with Gasteiger partial charge in [0.2, 0.25) is 0 Å². The zero-order valence-electron chi connectivity index (χ0n) is 18.1. The summed E-state index contributed by atoms with van der Waals surface area (Å²) in [6, 6.07) is 11.8. The number of nitrogens with zero attached hydrogens (tertiary/aromatic N) is 1. The van der Waals surface area contributed by atoms with Crippen LogP contribution in [0.3, 0.4) is 0 Å². The summed E-state index contributed by atoms with van der Waals surface area (Å²) in [6.07, 6.45) is 0.382. The molecule has 1 heterocycles. The molecule has 0 bridgehead atoms. The number of carboxylic acids is 1. The molecule has 172 valence electrons. The summed E-state index contributed by atoms with van der Waals surface area (Å²) in [5.41, 5.74) is 2.44. The Labute approximate surface area is 194 Å². The minimum Gasteiger partial charge on any atom is -0.481 e. The van der Waals surface area contributed by atoms with Gasteiger partial charge in [0.1, 0.15) is 5.75 Å². The summed E-state index contributed by atoms with van der Waals surface area (Å²) >= 11 is 6.42. The number of carboxylic acid groups (broad SMARTS) is 1. The van der Waals surface area contributed by atoms with Gasteiger partial charge in [-0.1, -0.05) is 55.8 Å². The van der Waals surface area contributed by atoms with Gasteiger partial charge >= 0.3 is 12.6 Å². The van der Waals surface area contributed by atoms with E-state index in [1.165, 1.54) is 11.0 Å². The van der Waals surface area contributed by atoms with Gasteiger partial charge in [0, 0.05) is 10.9 Å². The van der Waals surface area contributed by atoms with E-state index in [1.807, 2.05) is 19.9 Å². The number of carbonyl (C=O) groups excluding carboxylic acids is 1. The van der Waals surface area contributed by atoms with Crippen LogP contribution in [0.2, 0.25) is 5.02 Å². The van der Waals surface area contributed by atoms with E-state index in [0.717, 1.165) is 5.56 Å².